The third-order valence-electron chi connectivity index (χ3n) is 13.4. The molecule has 0 spiro atoms. The second-order valence-corrected chi connectivity index (χ2v) is 18.0. The summed E-state index contributed by atoms with van der Waals surface area (Å²) in [5.41, 5.74) is 13.8. The number of para-hydroxylation sites is 2. The molecule has 9 aromatic carbocycles. The Morgan fingerprint density at radius 1 is 0.429 bits per heavy atom. The Bertz CT molecular complexity index is 4320. The van der Waals surface area contributed by atoms with Gasteiger partial charge < -0.3 is 13.4 Å². The molecule has 14 aromatic rings. The van der Waals surface area contributed by atoms with Gasteiger partial charge in [0, 0.05) is 81.2 Å². The summed E-state index contributed by atoms with van der Waals surface area (Å²) >= 11 is 1.83. The van der Waals surface area contributed by atoms with E-state index in [4.69, 9.17) is 18.8 Å². The molecule has 0 N–H and O–H groups in total. The second-order valence-electron chi connectivity index (χ2n) is 16.9. The predicted octanol–water partition coefficient (Wildman–Crippen LogP) is 15.8. The zero-order valence-electron chi connectivity index (χ0n) is 33.5. The van der Waals surface area contributed by atoms with Crippen molar-refractivity contribution in [2.24, 2.45) is 0 Å². The lowest BCUT2D eigenvalue weighted by Gasteiger charge is -2.19. The van der Waals surface area contributed by atoms with Gasteiger partial charge in [-0.3, -0.25) is 0 Å². The Kier molecular flexibility index (Phi) is 6.56. The summed E-state index contributed by atoms with van der Waals surface area (Å²) in [6.45, 7) is 0. The van der Waals surface area contributed by atoms with E-state index in [1.54, 1.807) is 0 Å². The summed E-state index contributed by atoms with van der Waals surface area (Å²) < 4.78 is 18.0. The smallest absolute Gasteiger partial charge is 0.160 e. The molecule has 1 aliphatic rings. The molecule has 2 bridgehead atoms. The largest absolute Gasteiger partial charge is 0.456 e. The van der Waals surface area contributed by atoms with Crippen molar-refractivity contribution in [3.05, 3.63) is 187 Å². The van der Waals surface area contributed by atoms with E-state index in [0.29, 0.717) is 12.2 Å². The predicted molar refractivity (Wildman–Crippen MR) is 260 cm³/mol. The van der Waals surface area contributed by atoms with E-state index in [1.807, 2.05) is 29.5 Å². The standard InChI is InChI=1S/C57H31N3O2S/c1-2-10-33-28-47-40(25-32(33)9-1)36-20-17-31-23-45-55(34-19-22-54-43(26-34)39-13-5-8-16-53(39)63-54)58-57(35-18-21-51-41(27-35)37-11-3-6-14-49(37)61-51)59-56(45)44-30-52-42(29-48(44)60(47)46(36)24-31)38-12-4-7-15-50(38)62-52/h1-22,24-30H,23H2. The van der Waals surface area contributed by atoms with Gasteiger partial charge in [0.15, 0.2) is 5.82 Å². The number of nitrogens with zero attached hydrogens (tertiary/aromatic N) is 3. The van der Waals surface area contributed by atoms with Crippen molar-refractivity contribution >= 4 is 108 Å². The maximum atomic E-state index is 6.71. The van der Waals surface area contributed by atoms with Crippen LogP contribution in [0.2, 0.25) is 0 Å². The molecule has 0 saturated carbocycles. The molecule has 0 saturated heterocycles. The number of fused-ring (bicyclic) bond motifs is 18. The molecule has 0 fully saturated rings. The molecule has 0 aliphatic carbocycles. The third-order valence-corrected chi connectivity index (χ3v) is 14.5. The average Bonchev–Trinajstić information content (AvgIpc) is 4.08. The van der Waals surface area contributed by atoms with Crippen LogP contribution in [0, 0.1) is 0 Å². The Balaban J connectivity index is 1.10. The summed E-state index contributed by atoms with van der Waals surface area (Å²) in [5, 5.41) is 11.6. The topological polar surface area (TPSA) is 57.0 Å². The highest BCUT2D eigenvalue weighted by Crippen LogP contribution is 2.46. The van der Waals surface area contributed by atoms with Gasteiger partial charge in [0.2, 0.25) is 0 Å². The molecule has 5 nitrogen and oxygen atoms in total. The zero-order valence-corrected chi connectivity index (χ0v) is 34.3. The minimum absolute atomic E-state index is 0.635. The first-order valence-corrected chi connectivity index (χ1v) is 22.1. The molecule has 63 heavy (non-hydrogen) atoms. The van der Waals surface area contributed by atoms with Crippen LogP contribution in [0.5, 0.6) is 0 Å². The van der Waals surface area contributed by atoms with E-state index in [1.165, 1.54) is 47.3 Å². The van der Waals surface area contributed by atoms with E-state index >= 15 is 0 Å². The SMILES string of the molecule is c1ccc2cc3c(cc2c1)c1ccc2cc1n3-c1cc3c(cc1-c1nc(-c4ccc5oc6ccccc6c5c4)nc(-c4ccc5sc6ccccc6c5c4)c1C2)oc1ccccc13. The Labute approximate surface area is 362 Å². The van der Waals surface area contributed by atoms with Gasteiger partial charge in [0.1, 0.15) is 22.3 Å². The molecule has 5 aromatic heterocycles. The number of rotatable bonds is 2. The zero-order chi connectivity index (χ0) is 40.9. The number of furan rings is 2. The molecule has 1 aliphatic heterocycles. The fourth-order valence-electron chi connectivity index (χ4n) is 10.4. The number of aromatic nitrogens is 3. The lowest BCUT2D eigenvalue weighted by atomic mass is 9.92. The minimum Gasteiger partial charge on any atom is -0.456 e. The van der Waals surface area contributed by atoms with Crippen molar-refractivity contribution in [1.29, 1.82) is 0 Å². The van der Waals surface area contributed by atoms with Crippen LogP contribution in [0.15, 0.2) is 185 Å². The van der Waals surface area contributed by atoms with E-state index in [9.17, 15) is 0 Å². The normalized spacial score (nSPS) is 12.7. The maximum absolute atomic E-state index is 6.71. The molecule has 0 atom stereocenters. The van der Waals surface area contributed by atoms with Crippen LogP contribution in [-0.2, 0) is 6.42 Å². The minimum atomic E-state index is 0.635. The van der Waals surface area contributed by atoms with Crippen LogP contribution < -0.4 is 0 Å². The second kappa shape index (κ2) is 12.3. The number of benzene rings is 9. The van der Waals surface area contributed by atoms with E-state index in [2.05, 4.69) is 162 Å². The van der Waals surface area contributed by atoms with Gasteiger partial charge in [-0.15, -0.1) is 11.3 Å². The van der Waals surface area contributed by atoms with Crippen LogP contribution in [0.3, 0.4) is 0 Å². The summed E-state index contributed by atoms with van der Waals surface area (Å²) in [5.74, 6) is 0.654. The van der Waals surface area contributed by atoms with Gasteiger partial charge >= 0.3 is 0 Å². The van der Waals surface area contributed by atoms with Crippen LogP contribution in [0.4, 0.5) is 0 Å². The molecule has 6 heterocycles. The maximum Gasteiger partial charge on any atom is 0.160 e. The number of hydrogen-bond acceptors (Lipinski definition) is 5. The molecule has 292 valence electrons. The lowest BCUT2D eigenvalue weighted by molar-refractivity contribution is 0.668. The summed E-state index contributed by atoms with van der Waals surface area (Å²) in [6.07, 6.45) is 0.635. The van der Waals surface area contributed by atoms with Gasteiger partial charge in [-0.25, -0.2) is 9.97 Å². The van der Waals surface area contributed by atoms with Crippen molar-refractivity contribution in [3.8, 4) is 39.6 Å². The highest BCUT2D eigenvalue weighted by Gasteiger charge is 2.27. The van der Waals surface area contributed by atoms with E-state index in [0.717, 1.165) is 94.2 Å². The molecular weight excluding hydrogens is 791 g/mol. The fraction of sp³-hybridized carbons (Fsp3) is 0.0175. The molecule has 15 rings (SSSR count). The molecule has 0 unspecified atom stereocenters. The monoisotopic (exact) mass is 821 g/mol. The highest BCUT2D eigenvalue weighted by atomic mass is 32.1. The van der Waals surface area contributed by atoms with Crippen LogP contribution >= 0.6 is 11.3 Å². The fourth-order valence-corrected chi connectivity index (χ4v) is 11.5. The number of hydrogen-bond donors (Lipinski definition) is 0. The number of thiophene rings is 1. The van der Waals surface area contributed by atoms with Crippen molar-refractivity contribution in [2.75, 3.05) is 0 Å². The van der Waals surface area contributed by atoms with Crippen molar-refractivity contribution < 1.29 is 8.83 Å². The first kappa shape index (κ1) is 33.6. The lowest BCUT2D eigenvalue weighted by Crippen LogP contribution is -2.05. The summed E-state index contributed by atoms with van der Waals surface area (Å²) in [6, 6.07) is 63.4. The van der Waals surface area contributed by atoms with Crippen molar-refractivity contribution in [2.45, 2.75) is 6.42 Å². The first-order chi connectivity index (χ1) is 31.2. The molecule has 6 heteroatoms. The van der Waals surface area contributed by atoms with Crippen LogP contribution in [-0.4, -0.2) is 14.5 Å². The average molecular weight is 822 g/mol. The Morgan fingerprint density at radius 2 is 1.08 bits per heavy atom. The van der Waals surface area contributed by atoms with Gasteiger partial charge in [0.25, 0.3) is 0 Å². The van der Waals surface area contributed by atoms with E-state index < -0.39 is 0 Å². The van der Waals surface area contributed by atoms with E-state index in [-0.39, 0.29) is 0 Å². The van der Waals surface area contributed by atoms with Gasteiger partial charge in [-0.2, -0.15) is 0 Å². The van der Waals surface area contributed by atoms with Crippen molar-refractivity contribution in [3.63, 3.8) is 0 Å². The van der Waals surface area contributed by atoms with Crippen molar-refractivity contribution in [1.82, 2.24) is 14.5 Å². The molecule has 0 radical (unpaired) electrons. The molecule has 0 amide bonds. The first-order valence-electron chi connectivity index (χ1n) is 21.3. The highest BCUT2D eigenvalue weighted by molar-refractivity contribution is 7.25. The quantitative estimate of drug-likeness (QED) is 0.174. The van der Waals surface area contributed by atoms with Gasteiger partial charge in [-0.1, -0.05) is 97.1 Å². The molecular formula is C57H31N3O2S. The third kappa shape index (κ3) is 4.75. The van der Waals surface area contributed by atoms with Gasteiger partial charge in [0.05, 0.1) is 28.1 Å². The van der Waals surface area contributed by atoms with Gasteiger partial charge in [-0.05, 0) is 95.2 Å². The van der Waals surface area contributed by atoms with Crippen LogP contribution in [0.1, 0.15) is 11.1 Å². The summed E-state index contributed by atoms with van der Waals surface area (Å²) in [4.78, 5) is 11.3. The summed E-state index contributed by atoms with van der Waals surface area (Å²) in [7, 11) is 0. The Morgan fingerprint density at radius 3 is 1.94 bits per heavy atom. The Hall–Kier alpha value is -8.06. The van der Waals surface area contributed by atoms with Crippen LogP contribution in [0.25, 0.3) is 136 Å².